The summed E-state index contributed by atoms with van der Waals surface area (Å²) in [6.07, 6.45) is 2.80. The first-order chi connectivity index (χ1) is 16.4. The zero-order chi connectivity index (χ0) is 24.0. The van der Waals surface area contributed by atoms with Crippen molar-refractivity contribution in [2.75, 3.05) is 11.9 Å². The molecular weight excluding hydrogens is 442 g/mol. The van der Waals surface area contributed by atoms with Gasteiger partial charge in [0.05, 0.1) is 18.0 Å². The van der Waals surface area contributed by atoms with Gasteiger partial charge in [-0.15, -0.1) is 11.3 Å². The zero-order valence-electron chi connectivity index (χ0n) is 19.7. The molecule has 0 bridgehead atoms. The highest BCUT2D eigenvalue weighted by Gasteiger charge is 2.13. The number of nitrogens with zero attached hydrogens (tertiary/aromatic N) is 2. The maximum atomic E-state index is 12.4. The van der Waals surface area contributed by atoms with E-state index in [2.05, 4.69) is 43.2 Å². The fourth-order valence-corrected chi connectivity index (χ4v) is 4.27. The molecule has 0 aliphatic rings. The van der Waals surface area contributed by atoms with Gasteiger partial charge in [0.15, 0.2) is 0 Å². The largest absolute Gasteiger partial charge is 0.494 e. The molecule has 2 aromatic heterocycles. The predicted octanol–water partition coefficient (Wildman–Crippen LogP) is 6.97. The van der Waals surface area contributed by atoms with Crippen molar-refractivity contribution in [2.45, 2.75) is 39.0 Å². The Morgan fingerprint density at radius 1 is 1.00 bits per heavy atom. The Morgan fingerprint density at radius 3 is 2.56 bits per heavy atom. The number of aromatic nitrogens is 2. The highest BCUT2D eigenvalue weighted by molar-refractivity contribution is 7.13. The van der Waals surface area contributed by atoms with Gasteiger partial charge in [0.2, 0.25) is 5.91 Å². The lowest BCUT2D eigenvalue weighted by Gasteiger charge is -2.19. The van der Waals surface area contributed by atoms with Crippen LogP contribution in [-0.4, -0.2) is 22.5 Å². The van der Waals surface area contributed by atoms with Crippen molar-refractivity contribution >= 4 is 22.9 Å². The van der Waals surface area contributed by atoms with Crippen LogP contribution in [0.15, 0.2) is 78.3 Å². The number of nitrogens with one attached hydrogen (secondary N) is 1. The molecule has 4 aromatic rings. The van der Waals surface area contributed by atoms with E-state index in [0.717, 1.165) is 33.4 Å². The number of rotatable bonds is 8. The molecule has 0 atom stereocenters. The monoisotopic (exact) mass is 471 g/mol. The number of carbonyl (C=O) groups is 1. The van der Waals surface area contributed by atoms with E-state index in [9.17, 15) is 4.79 Å². The van der Waals surface area contributed by atoms with E-state index >= 15 is 0 Å². The van der Waals surface area contributed by atoms with Gasteiger partial charge in [0.1, 0.15) is 10.8 Å². The molecule has 6 heteroatoms. The van der Waals surface area contributed by atoms with Crippen LogP contribution in [-0.2, 0) is 10.2 Å². The minimum absolute atomic E-state index is 0.0312. The second kappa shape index (κ2) is 10.6. The number of amides is 1. The normalized spacial score (nSPS) is 11.3. The maximum absolute atomic E-state index is 12.4. The van der Waals surface area contributed by atoms with E-state index in [0.29, 0.717) is 19.4 Å². The third-order valence-corrected chi connectivity index (χ3v) is 6.23. The number of anilines is 1. The molecule has 1 N–H and O–H groups in total. The van der Waals surface area contributed by atoms with Crippen molar-refractivity contribution in [3.8, 4) is 27.7 Å². The van der Waals surface area contributed by atoms with Crippen LogP contribution in [0.1, 0.15) is 39.2 Å². The first-order valence-electron chi connectivity index (χ1n) is 11.4. The Labute approximate surface area is 204 Å². The van der Waals surface area contributed by atoms with Gasteiger partial charge in [-0.1, -0.05) is 51.1 Å². The van der Waals surface area contributed by atoms with Gasteiger partial charge in [0, 0.05) is 29.2 Å². The average molecular weight is 472 g/mol. The number of hydrogen-bond donors (Lipinski definition) is 1. The van der Waals surface area contributed by atoms with Crippen LogP contribution >= 0.6 is 11.3 Å². The molecule has 0 radical (unpaired) electrons. The molecular formula is C28H29N3O2S. The summed E-state index contributed by atoms with van der Waals surface area (Å²) in [4.78, 5) is 21.5. The van der Waals surface area contributed by atoms with Crippen LogP contribution in [0, 0.1) is 0 Å². The predicted molar refractivity (Wildman–Crippen MR) is 139 cm³/mol. The lowest BCUT2D eigenvalue weighted by atomic mass is 9.87. The number of carbonyl (C=O) groups excluding carboxylic acids is 1. The maximum Gasteiger partial charge on any atom is 0.224 e. The zero-order valence-corrected chi connectivity index (χ0v) is 20.6. The smallest absolute Gasteiger partial charge is 0.224 e. The Hall–Kier alpha value is -3.51. The first kappa shape index (κ1) is 23.6. The molecule has 5 nitrogen and oxygen atoms in total. The summed E-state index contributed by atoms with van der Waals surface area (Å²) in [5.41, 5.74) is 4.83. The summed E-state index contributed by atoms with van der Waals surface area (Å²) >= 11 is 1.56. The summed E-state index contributed by atoms with van der Waals surface area (Å²) in [7, 11) is 0. The van der Waals surface area contributed by atoms with Gasteiger partial charge in [-0.25, -0.2) is 4.98 Å². The summed E-state index contributed by atoms with van der Waals surface area (Å²) < 4.78 is 5.80. The number of pyridine rings is 1. The van der Waals surface area contributed by atoms with E-state index in [1.165, 1.54) is 5.56 Å². The molecule has 4 rings (SSSR count). The molecule has 1 amide bonds. The third-order valence-electron chi connectivity index (χ3n) is 5.37. The van der Waals surface area contributed by atoms with Gasteiger partial charge >= 0.3 is 0 Å². The van der Waals surface area contributed by atoms with E-state index in [1.807, 2.05) is 60.0 Å². The van der Waals surface area contributed by atoms with Crippen molar-refractivity contribution in [3.05, 3.63) is 83.9 Å². The molecule has 0 saturated carbocycles. The molecule has 0 aliphatic heterocycles. The fourth-order valence-electron chi connectivity index (χ4n) is 3.47. The molecule has 0 aliphatic carbocycles. The average Bonchev–Trinajstić information content (AvgIpc) is 3.33. The molecule has 2 aromatic carbocycles. The number of thiazole rings is 1. The lowest BCUT2D eigenvalue weighted by Crippen LogP contribution is -2.13. The summed E-state index contributed by atoms with van der Waals surface area (Å²) in [6, 6.07) is 21.7. The minimum Gasteiger partial charge on any atom is -0.494 e. The number of hydrogen-bond acceptors (Lipinski definition) is 5. The number of benzene rings is 2. The second-order valence-electron chi connectivity index (χ2n) is 9.11. The van der Waals surface area contributed by atoms with Crippen molar-refractivity contribution in [3.63, 3.8) is 0 Å². The minimum atomic E-state index is -0.0312. The molecule has 0 spiro atoms. The highest BCUT2D eigenvalue weighted by Crippen LogP contribution is 2.29. The van der Waals surface area contributed by atoms with E-state index in [1.54, 1.807) is 17.5 Å². The van der Waals surface area contributed by atoms with Crippen molar-refractivity contribution < 1.29 is 9.53 Å². The van der Waals surface area contributed by atoms with Gasteiger partial charge in [-0.3, -0.25) is 9.78 Å². The van der Waals surface area contributed by atoms with Crippen molar-refractivity contribution in [1.82, 2.24) is 9.97 Å². The van der Waals surface area contributed by atoms with Crippen LogP contribution in [0.5, 0.6) is 5.75 Å². The quantitative estimate of drug-likeness (QED) is 0.282. The molecule has 0 saturated heterocycles. The molecule has 0 unspecified atom stereocenters. The Morgan fingerprint density at radius 2 is 1.82 bits per heavy atom. The van der Waals surface area contributed by atoms with Crippen LogP contribution < -0.4 is 10.1 Å². The van der Waals surface area contributed by atoms with Gasteiger partial charge in [0.25, 0.3) is 0 Å². The SMILES string of the molecule is CC(C)(C)c1ccc(OCCCC(=O)Nc2cccc(-c3csc(-c4ccccn4)n3)c2)cc1. The second-order valence-corrected chi connectivity index (χ2v) is 9.97. The third kappa shape index (κ3) is 6.29. The van der Waals surface area contributed by atoms with Crippen LogP contribution in [0.2, 0.25) is 0 Å². The summed E-state index contributed by atoms with van der Waals surface area (Å²) in [6.45, 7) is 7.06. The van der Waals surface area contributed by atoms with E-state index in [-0.39, 0.29) is 11.3 Å². The Bertz CT molecular complexity index is 1230. The van der Waals surface area contributed by atoms with Crippen LogP contribution in [0.3, 0.4) is 0 Å². The molecule has 174 valence electrons. The topological polar surface area (TPSA) is 64.1 Å². The fraction of sp³-hybridized carbons (Fsp3) is 0.250. The summed E-state index contributed by atoms with van der Waals surface area (Å²) in [5.74, 6) is 0.797. The summed E-state index contributed by atoms with van der Waals surface area (Å²) in [5, 5.41) is 5.87. The lowest BCUT2D eigenvalue weighted by molar-refractivity contribution is -0.116. The van der Waals surface area contributed by atoms with Gasteiger partial charge < -0.3 is 10.1 Å². The van der Waals surface area contributed by atoms with E-state index in [4.69, 9.17) is 9.72 Å². The number of ether oxygens (including phenoxy) is 1. The molecule has 34 heavy (non-hydrogen) atoms. The Balaban J connectivity index is 1.27. The van der Waals surface area contributed by atoms with Crippen molar-refractivity contribution in [2.24, 2.45) is 0 Å². The van der Waals surface area contributed by atoms with Crippen LogP contribution in [0.4, 0.5) is 5.69 Å². The molecule has 2 heterocycles. The van der Waals surface area contributed by atoms with Gasteiger partial charge in [-0.05, 0) is 53.8 Å². The van der Waals surface area contributed by atoms with Crippen LogP contribution in [0.25, 0.3) is 22.0 Å². The molecule has 0 fully saturated rings. The Kier molecular flexibility index (Phi) is 7.38. The van der Waals surface area contributed by atoms with E-state index < -0.39 is 0 Å². The standard InChI is InChI=1S/C28H29N3O2S/c1-28(2,3)21-12-14-23(15-13-21)33-17-7-11-26(32)30-22-9-6-8-20(18-22)25-19-34-27(31-25)24-10-4-5-16-29-24/h4-6,8-10,12-16,18-19H,7,11,17H2,1-3H3,(H,30,32). The van der Waals surface area contributed by atoms with Crippen molar-refractivity contribution in [1.29, 1.82) is 0 Å². The van der Waals surface area contributed by atoms with Gasteiger partial charge in [-0.2, -0.15) is 0 Å². The highest BCUT2D eigenvalue weighted by atomic mass is 32.1. The first-order valence-corrected chi connectivity index (χ1v) is 12.3.